The number of benzene rings is 1. The van der Waals surface area contributed by atoms with E-state index in [1.165, 1.54) is 4.68 Å². The van der Waals surface area contributed by atoms with Gasteiger partial charge in [-0.15, -0.1) is 0 Å². The second-order valence-corrected chi connectivity index (χ2v) is 4.53. The molecule has 82 valence electrons. The standard InChI is InChI=1S/C12H11BrN2O/c1-8-3-4-10(7-11(8)13)12(16)15-6-5-9(2)14-15/h3-7H,1-2H3. The van der Waals surface area contributed by atoms with Gasteiger partial charge in [0.25, 0.3) is 5.91 Å². The quantitative estimate of drug-likeness (QED) is 0.804. The van der Waals surface area contributed by atoms with Gasteiger partial charge in [-0.2, -0.15) is 5.10 Å². The molecule has 0 aliphatic heterocycles. The van der Waals surface area contributed by atoms with Gasteiger partial charge in [-0.05, 0) is 37.6 Å². The van der Waals surface area contributed by atoms with Crippen LogP contribution in [0, 0.1) is 13.8 Å². The van der Waals surface area contributed by atoms with E-state index in [4.69, 9.17) is 0 Å². The fraction of sp³-hybridized carbons (Fsp3) is 0.167. The SMILES string of the molecule is Cc1ccn(C(=O)c2ccc(C)c(Br)c2)n1. The number of nitrogens with zero attached hydrogens (tertiary/aromatic N) is 2. The van der Waals surface area contributed by atoms with E-state index in [1.54, 1.807) is 18.3 Å². The molecular weight excluding hydrogens is 268 g/mol. The predicted octanol–water partition coefficient (Wildman–Crippen LogP) is 2.95. The minimum absolute atomic E-state index is 0.117. The molecule has 0 amide bonds. The first-order valence-electron chi connectivity index (χ1n) is 4.91. The molecular formula is C12H11BrN2O. The lowest BCUT2D eigenvalue weighted by Gasteiger charge is -2.03. The topological polar surface area (TPSA) is 34.9 Å². The Morgan fingerprint density at radius 1 is 1.31 bits per heavy atom. The van der Waals surface area contributed by atoms with Crippen molar-refractivity contribution in [2.24, 2.45) is 0 Å². The Morgan fingerprint density at radius 3 is 2.62 bits per heavy atom. The highest BCUT2D eigenvalue weighted by Crippen LogP contribution is 2.18. The number of hydrogen-bond acceptors (Lipinski definition) is 2. The molecule has 0 fully saturated rings. The van der Waals surface area contributed by atoms with Gasteiger partial charge in [0.2, 0.25) is 0 Å². The van der Waals surface area contributed by atoms with E-state index in [-0.39, 0.29) is 5.91 Å². The van der Waals surface area contributed by atoms with Crippen molar-refractivity contribution < 1.29 is 4.79 Å². The molecule has 1 heterocycles. The third-order valence-corrected chi connectivity index (χ3v) is 3.20. The van der Waals surface area contributed by atoms with Crippen LogP contribution in [0.4, 0.5) is 0 Å². The smallest absolute Gasteiger partial charge is 0.267 e. The lowest BCUT2D eigenvalue weighted by atomic mass is 10.1. The van der Waals surface area contributed by atoms with Crippen LogP contribution in [0.5, 0.6) is 0 Å². The maximum absolute atomic E-state index is 12.0. The Balaban J connectivity index is 2.38. The van der Waals surface area contributed by atoms with E-state index >= 15 is 0 Å². The Hall–Kier alpha value is -1.42. The molecule has 1 aromatic carbocycles. The van der Waals surface area contributed by atoms with E-state index < -0.39 is 0 Å². The fourth-order valence-corrected chi connectivity index (χ4v) is 1.77. The number of hydrogen-bond donors (Lipinski definition) is 0. The minimum Gasteiger partial charge on any atom is -0.267 e. The highest BCUT2D eigenvalue weighted by atomic mass is 79.9. The summed E-state index contributed by atoms with van der Waals surface area (Å²) in [6.45, 7) is 3.84. The summed E-state index contributed by atoms with van der Waals surface area (Å²) >= 11 is 3.41. The molecule has 0 aliphatic carbocycles. The van der Waals surface area contributed by atoms with Gasteiger partial charge in [0.15, 0.2) is 0 Å². The molecule has 4 heteroatoms. The number of carbonyl (C=O) groups is 1. The predicted molar refractivity (Wildman–Crippen MR) is 65.6 cm³/mol. The Morgan fingerprint density at radius 2 is 2.06 bits per heavy atom. The van der Waals surface area contributed by atoms with E-state index in [9.17, 15) is 4.79 Å². The van der Waals surface area contributed by atoms with Crippen LogP contribution in [-0.4, -0.2) is 15.7 Å². The van der Waals surface area contributed by atoms with Gasteiger partial charge in [0, 0.05) is 16.2 Å². The second-order valence-electron chi connectivity index (χ2n) is 3.67. The van der Waals surface area contributed by atoms with Crippen molar-refractivity contribution in [1.82, 2.24) is 9.78 Å². The van der Waals surface area contributed by atoms with Crippen LogP contribution < -0.4 is 0 Å². The third kappa shape index (κ3) is 2.07. The Bertz CT molecular complexity index is 546. The normalized spacial score (nSPS) is 10.4. The van der Waals surface area contributed by atoms with Gasteiger partial charge in [-0.1, -0.05) is 22.0 Å². The second kappa shape index (κ2) is 4.22. The van der Waals surface area contributed by atoms with E-state index in [0.29, 0.717) is 5.56 Å². The third-order valence-electron chi connectivity index (χ3n) is 2.35. The van der Waals surface area contributed by atoms with Crippen molar-refractivity contribution in [3.63, 3.8) is 0 Å². The van der Waals surface area contributed by atoms with Crippen molar-refractivity contribution in [1.29, 1.82) is 0 Å². The first-order chi connectivity index (χ1) is 7.58. The summed E-state index contributed by atoms with van der Waals surface area (Å²) in [4.78, 5) is 12.0. The molecule has 0 bridgehead atoms. The summed E-state index contributed by atoms with van der Waals surface area (Å²) in [6.07, 6.45) is 1.67. The average molecular weight is 279 g/mol. The number of rotatable bonds is 1. The van der Waals surface area contributed by atoms with E-state index in [0.717, 1.165) is 15.7 Å². The molecule has 16 heavy (non-hydrogen) atoms. The molecule has 1 aromatic heterocycles. The summed E-state index contributed by atoms with van der Waals surface area (Å²) in [5, 5.41) is 4.09. The zero-order chi connectivity index (χ0) is 11.7. The lowest BCUT2D eigenvalue weighted by molar-refractivity contribution is 0.0944. The van der Waals surface area contributed by atoms with Crippen molar-refractivity contribution in [2.75, 3.05) is 0 Å². The number of halogens is 1. The molecule has 0 saturated carbocycles. The monoisotopic (exact) mass is 278 g/mol. The minimum atomic E-state index is -0.117. The van der Waals surface area contributed by atoms with Gasteiger partial charge < -0.3 is 0 Å². The maximum Gasteiger partial charge on any atom is 0.278 e. The van der Waals surface area contributed by atoms with E-state index in [2.05, 4.69) is 21.0 Å². The van der Waals surface area contributed by atoms with Gasteiger partial charge in [0.05, 0.1) is 5.69 Å². The van der Waals surface area contributed by atoms with Crippen molar-refractivity contribution in [3.05, 3.63) is 51.8 Å². The highest BCUT2D eigenvalue weighted by molar-refractivity contribution is 9.10. The highest BCUT2D eigenvalue weighted by Gasteiger charge is 2.10. The Labute approximate surface area is 102 Å². The molecule has 0 unspecified atom stereocenters. The lowest BCUT2D eigenvalue weighted by Crippen LogP contribution is -2.12. The molecule has 0 aliphatic rings. The first-order valence-corrected chi connectivity index (χ1v) is 5.70. The van der Waals surface area contributed by atoms with Crippen LogP contribution >= 0.6 is 15.9 Å². The average Bonchev–Trinajstić information content (AvgIpc) is 2.68. The summed E-state index contributed by atoms with van der Waals surface area (Å²) < 4.78 is 2.29. The summed E-state index contributed by atoms with van der Waals surface area (Å²) in [7, 11) is 0. The van der Waals surface area contributed by atoms with Crippen molar-refractivity contribution in [3.8, 4) is 0 Å². The maximum atomic E-state index is 12.0. The summed E-state index contributed by atoms with van der Waals surface area (Å²) in [5.41, 5.74) is 2.56. The Kier molecular flexibility index (Phi) is 2.92. The zero-order valence-electron chi connectivity index (χ0n) is 9.07. The van der Waals surface area contributed by atoms with Gasteiger partial charge in [-0.25, -0.2) is 4.68 Å². The van der Waals surface area contributed by atoms with Crippen molar-refractivity contribution in [2.45, 2.75) is 13.8 Å². The molecule has 3 nitrogen and oxygen atoms in total. The van der Waals surface area contributed by atoms with Crippen LogP contribution in [0.3, 0.4) is 0 Å². The largest absolute Gasteiger partial charge is 0.278 e. The molecule has 0 saturated heterocycles. The molecule has 0 radical (unpaired) electrons. The van der Waals surface area contributed by atoms with Gasteiger partial charge in [0.1, 0.15) is 0 Å². The van der Waals surface area contributed by atoms with Gasteiger partial charge in [-0.3, -0.25) is 4.79 Å². The molecule has 0 atom stereocenters. The molecule has 2 rings (SSSR count). The van der Waals surface area contributed by atoms with Crippen LogP contribution in [0.1, 0.15) is 21.6 Å². The zero-order valence-corrected chi connectivity index (χ0v) is 10.7. The van der Waals surface area contributed by atoms with E-state index in [1.807, 2.05) is 26.0 Å². The van der Waals surface area contributed by atoms with Crippen LogP contribution in [0.2, 0.25) is 0 Å². The molecule has 2 aromatic rings. The fourth-order valence-electron chi connectivity index (χ4n) is 1.39. The van der Waals surface area contributed by atoms with Crippen LogP contribution in [0.15, 0.2) is 34.9 Å². The first kappa shape index (κ1) is 11.1. The van der Waals surface area contributed by atoms with Crippen molar-refractivity contribution >= 4 is 21.8 Å². The molecule has 0 N–H and O–H groups in total. The summed E-state index contributed by atoms with van der Waals surface area (Å²) in [5.74, 6) is -0.117. The van der Waals surface area contributed by atoms with Gasteiger partial charge >= 0.3 is 0 Å². The van der Waals surface area contributed by atoms with Crippen LogP contribution in [-0.2, 0) is 0 Å². The summed E-state index contributed by atoms with van der Waals surface area (Å²) in [6, 6.07) is 7.34. The van der Waals surface area contributed by atoms with Crippen LogP contribution in [0.25, 0.3) is 0 Å². The number of aryl methyl sites for hydroxylation is 2. The molecule has 0 spiro atoms. The number of carbonyl (C=O) groups excluding carboxylic acids is 1. The number of aromatic nitrogens is 2.